The molecule has 2 aromatic rings. The van der Waals surface area contributed by atoms with Crippen LogP contribution in [0.1, 0.15) is 96.4 Å². The van der Waals surface area contributed by atoms with E-state index in [1.807, 2.05) is 27.7 Å². The summed E-state index contributed by atoms with van der Waals surface area (Å²) in [5, 5.41) is 0. The van der Waals surface area contributed by atoms with Crippen molar-refractivity contribution in [3.8, 4) is 0 Å². The lowest BCUT2D eigenvalue weighted by molar-refractivity contribution is 0.404. The van der Waals surface area contributed by atoms with Crippen molar-refractivity contribution in [2.24, 2.45) is 17.8 Å². The molecule has 0 fully saturated rings. The minimum absolute atomic E-state index is 0.793. The summed E-state index contributed by atoms with van der Waals surface area (Å²) < 4.78 is 0. The SMILES string of the molecule is CC.CC.CC(C)C1CCCc2ccccc21.CC(C)C1Cc2ccccc2C1. The summed E-state index contributed by atoms with van der Waals surface area (Å²) in [6.07, 6.45) is 6.65. The van der Waals surface area contributed by atoms with Crippen molar-refractivity contribution >= 4 is 0 Å². The van der Waals surface area contributed by atoms with Gasteiger partial charge >= 0.3 is 0 Å². The Morgan fingerprint density at radius 3 is 1.62 bits per heavy atom. The van der Waals surface area contributed by atoms with E-state index >= 15 is 0 Å². The molecule has 2 aromatic carbocycles. The van der Waals surface area contributed by atoms with Gasteiger partial charge in [0.25, 0.3) is 0 Å². The molecule has 0 nitrogen and oxygen atoms in total. The average molecular weight is 395 g/mol. The summed E-state index contributed by atoms with van der Waals surface area (Å²) in [6.45, 7) is 17.3. The lowest BCUT2D eigenvalue weighted by atomic mass is 9.77. The summed E-state index contributed by atoms with van der Waals surface area (Å²) in [5.74, 6) is 3.33. The largest absolute Gasteiger partial charge is 0.0683 e. The molecule has 0 spiro atoms. The first-order valence-corrected chi connectivity index (χ1v) is 12.2. The van der Waals surface area contributed by atoms with E-state index in [1.165, 1.54) is 32.1 Å². The van der Waals surface area contributed by atoms with Gasteiger partial charge in [-0.2, -0.15) is 0 Å². The molecule has 162 valence electrons. The standard InChI is InChI=1S/C13H18.C12H16.2C2H6/c1-10(2)12-9-5-7-11-6-3-4-8-13(11)12;1-9(2)12-7-10-5-3-4-6-11(10)8-12;2*1-2/h3-4,6,8,10,12H,5,7,9H2,1-2H3;3-6,9,12H,7-8H2,1-2H3;2*1-2H3. The molecule has 0 heterocycles. The van der Waals surface area contributed by atoms with E-state index in [2.05, 4.69) is 76.2 Å². The highest BCUT2D eigenvalue weighted by Crippen LogP contribution is 2.36. The van der Waals surface area contributed by atoms with Crippen LogP contribution in [0, 0.1) is 17.8 Å². The maximum atomic E-state index is 2.34. The molecule has 1 atom stereocenters. The van der Waals surface area contributed by atoms with E-state index in [4.69, 9.17) is 0 Å². The van der Waals surface area contributed by atoms with E-state index in [0.29, 0.717) is 0 Å². The number of hydrogen-bond acceptors (Lipinski definition) is 0. The van der Waals surface area contributed by atoms with Crippen molar-refractivity contribution in [1.29, 1.82) is 0 Å². The molecule has 1 unspecified atom stereocenters. The molecule has 2 aliphatic rings. The van der Waals surface area contributed by atoms with Crippen molar-refractivity contribution in [3.63, 3.8) is 0 Å². The molecule has 0 saturated heterocycles. The van der Waals surface area contributed by atoms with Crippen LogP contribution in [0.5, 0.6) is 0 Å². The van der Waals surface area contributed by atoms with Crippen LogP contribution in [0.4, 0.5) is 0 Å². The van der Waals surface area contributed by atoms with Gasteiger partial charge < -0.3 is 0 Å². The average Bonchev–Trinajstić information content (AvgIpc) is 3.21. The maximum absolute atomic E-state index is 2.34. The first-order valence-electron chi connectivity index (χ1n) is 12.2. The van der Waals surface area contributed by atoms with Gasteiger partial charge in [0.15, 0.2) is 0 Å². The zero-order valence-corrected chi connectivity index (χ0v) is 20.5. The fourth-order valence-corrected chi connectivity index (χ4v) is 4.55. The Morgan fingerprint density at radius 2 is 1.14 bits per heavy atom. The monoisotopic (exact) mass is 394 g/mol. The molecule has 0 bridgehead atoms. The van der Waals surface area contributed by atoms with Crippen LogP contribution in [0.2, 0.25) is 0 Å². The molecule has 4 rings (SSSR count). The third-order valence-corrected chi connectivity index (χ3v) is 6.25. The predicted octanol–water partition coefficient (Wildman–Crippen LogP) is 8.87. The first-order chi connectivity index (χ1) is 14.1. The van der Waals surface area contributed by atoms with Gasteiger partial charge in [0.05, 0.1) is 0 Å². The second-order valence-electron chi connectivity index (χ2n) is 8.62. The Balaban J connectivity index is 0.000000248. The van der Waals surface area contributed by atoms with Crippen LogP contribution in [0.25, 0.3) is 0 Å². The Morgan fingerprint density at radius 1 is 0.655 bits per heavy atom. The predicted molar refractivity (Wildman–Crippen MR) is 132 cm³/mol. The highest BCUT2D eigenvalue weighted by atomic mass is 14.3. The van der Waals surface area contributed by atoms with Gasteiger partial charge in [0.1, 0.15) is 0 Å². The van der Waals surface area contributed by atoms with Crippen molar-refractivity contribution in [1.82, 2.24) is 0 Å². The quantitative estimate of drug-likeness (QED) is 0.477. The normalized spacial score (nSPS) is 17.1. The van der Waals surface area contributed by atoms with Crippen LogP contribution < -0.4 is 0 Å². The number of fused-ring (bicyclic) bond motifs is 2. The molecule has 0 saturated carbocycles. The van der Waals surface area contributed by atoms with Crippen molar-refractivity contribution in [3.05, 3.63) is 70.8 Å². The fourth-order valence-electron chi connectivity index (χ4n) is 4.55. The Bertz CT molecular complexity index is 655. The van der Waals surface area contributed by atoms with Gasteiger partial charge in [0, 0.05) is 0 Å². The molecular formula is C29H46. The molecule has 0 aliphatic heterocycles. The smallest absolute Gasteiger partial charge is 0.0136 e. The summed E-state index contributed by atoms with van der Waals surface area (Å²) >= 11 is 0. The lowest BCUT2D eigenvalue weighted by Crippen LogP contribution is -2.14. The highest BCUT2D eigenvalue weighted by molar-refractivity contribution is 5.33. The number of rotatable bonds is 2. The van der Waals surface area contributed by atoms with Crippen LogP contribution in [0.3, 0.4) is 0 Å². The fraction of sp³-hybridized carbons (Fsp3) is 0.586. The summed E-state index contributed by atoms with van der Waals surface area (Å²) in [6, 6.07) is 17.8. The van der Waals surface area contributed by atoms with Gasteiger partial charge in [0.2, 0.25) is 0 Å². The maximum Gasteiger partial charge on any atom is -0.0136 e. The zero-order valence-electron chi connectivity index (χ0n) is 20.5. The minimum atomic E-state index is 0.793. The molecule has 0 aromatic heterocycles. The lowest BCUT2D eigenvalue weighted by Gasteiger charge is -2.28. The van der Waals surface area contributed by atoms with Crippen LogP contribution in [0.15, 0.2) is 48.5 Å². The number of benzene rings is 2. The summed E-state index contributed by atoms with van der Waals surface area (Å²) in [7, 11) is 0. The molecule has 29 heavy (non-hydrogen) atoms. The highest BCUT2D eigenvalue weighted by Gasteiger charge is 2.23. The first kappa shape index (κ1) is 25.5. The third-order valence-electron chi connectivity index (χ3n) is 6.25. The molecule has 0 amide bonds. The minimum Gasteiger partial charge on any atom is -0.0683 e. The van der Waals surface area contributed by atoms with Gasteiger partial charge in [-0.1, -0.05) is 104 Å². The van der Waals surface area contributed by atoms with Gasteiger partial charge in [-0.3, -0.25) is 0 Å². The molecule has 0 radical (unpaired) electrons. The second-order valence-corrected chi connectivity index (χ2v) is 8.62. The molecule has 0 heteroatoms. The molecule has 0 N–H and O–H groups in total. The number of aryl methyl sites for hydroxylation is 1. The van der Waals surface area contributed by atoms with Gasteiger partial charge in [-0.25, -0.2) is 0 Å². The number of hydrogen-bond donors (Lipinski definition) is 0. The van der Waals surface area contributed by atoms with Crippen molar-refractivity contribution in [2.75, 3.05) is 0 Å². The van der Waals surface area contributed by atoms with Crippen LogP contribution >= 0.6 is 0 Å². The topological polar surface area (TPSA) is 0 Å². The second kappa shape index (κ2) is 13.6. The van der Waals surface area contributed by atoms with Crippen molar-refractivity contribution in [2.45, 2.75) is 93.4 Å². The summed E-state index contributed by atoms with van der Waals surface area (Å²) in [5.41, 5.74) is 6.36. The molecule has 2 aliphatic carbocycles. The van der Waals surface area contributed by atoms with E-state index in [0.717, 1.165) is 23.7 Å². The Hall–Kier alpha value is -1.56. The van der Waals surface area contributed by atoms with E-state index in [-0.39, 0.29) is 0 Å². The van der Waals surface area contributed by atoms with E-state index in [1.54, 1.807) is 22.3 Å². The molecular weight excluding hydrogens is 348 g/mol. The van der Waals surface area contributed by atoms with Gasteiger partial charge in [-0.05, 0) is 78.0 Å². The van der Waals surface area contributed by atoms with E-state index < -0.39 is 0 Å². The van der Waals surface area contributed by atoms with E-state index in [9.17, 15) is 0 Å². The Kier molecular flexibility index (Phi) is 12.0. The van der Waals surface area contributed by atoms with Crippen LogP contribution in [-0.2, 0) is 19.3 Å². The van der Waals surface area contributed by atoms with Crippen LogP contribution in [-0.4, -0.2) is 0 Å². The van der Waals surface area contributed by atoms with Crippen molar-refractivity contribution < 1.29 is 0 Å². The van der Waals surface area contributed by atoms with Gasteiger partial charge in [-0.15, -0.1) is 0 Å². The zero-order chi connectivity index (χ0) is 21.8. The summed E-state index contributed by atoms with van der Waals surface area (Å²) in [4.78, 5) is 0. The Labute approximate surface area is 182 Å². The third kappa shape index (κ3) is 7.32.